The van der Waals surface area contributed by atoms with Gasteiger partial charge in [-0.25, -0.2) is 9.97 Å². The van der Waals surface area contributed by atoms with E-state index in [2.05, 4.69) is 16.5 Å². The van der Waals surface area contributed by atoms with E-state index in [9.17, 15) is 4.79 Å². The molecule has 0 unspecified atom stereocenters. The average Bonchev–Trinajstić information content (AvgIpc) is 3.34. The number of aromatic nitrogens is 2. The van der Waals surface area contributed by atoms with Gasteiger partial charge in [0.1, 0.15) is 11.5 Å². The van der Waals surface area contributed by atoms with E-state index in [-0.39, 0.29) is 11.9 Å². The summed E-state index contributed by atoms with van der Waals surface area (Å²) in [5.41, 5.74) is 7.77. The lowest BCUT2D eigenvalue weighted by Gasteiger charge is -2.15. The fraction of sp³-hybridized carbons (Fsp3) is 0.261. The van der Waals surface area contributed by atoms with Gasteiger partial charge in [-0.3, -0.25) is 4.79 Å². The van der Waals surface area contributed by atoms with E-state index in [1.54, 1.807) is 12.3 Å². The van der Waals surface area contributed by atoms with Crippen molar-refractivity contribution in [3.8, 4) is 22.6 Å². The molecule has 4 rings (SSSR count). The first kappa shape index (κ1) is 23.6. The number of carbonyl (C=O) groups is 1. The molecule has 1 fully saturated rings. The highest BCUT2D eigenvalue weighted by molar-refractivity contribution is 6.41. The minimum absolute atomic E-state index is 0.0764. The Kier molecular flexibility index (Phi) is 7.77. The Hall–Kier alpha value is -3.03. The normalized spacial score (nSPS) is 12.8. The molecular formula is C23H24Cl2N4O3. The van der Waals surface area contributed by atoms with Crippen LogP contribution >= 0.6 is 23.2 Å². The summed E-state index contributed by atoms with van der Waals surface area (Å²) in [6.07, 6.45) is 5.34. The van der Waals surface area contributed by atoms with Crippen molar-refractivity contribution in [1.29, 1.82) is 0 Å². The molecular weight excluding hydrogens is 451 g/mol. The van der Waals surface area contributed by atoms with Crippen LogP contribution < -0.4 is 15.2 Å². The molecule has 0 bridgehead atoms. The predicted molar refractivity (Wildman–Crippen MR) is 129 cm³/mol. The lowest BCUT2D eigenvalue weighted by atomic mass is 10.0. The lowest BCUT2D eigenvalue weighted by Crippen LogP contribution is -2.25. The van der Waals surface area contributed by atoms with E-state index in [0.717, 1.165) is 42.4 Å². The second kappa shape index (κ2) is 10.5. The van der Waals surface area contributed by atoms with E-state index in [1.165, 1.54) is 20.3 Å². The second-order valence-corrected chi connectivity index (χ2v) is 7.78. The number of methoxy groups -OCH3 is 2. The van der Waals surface area contributed by atoms with Gasteiger partial charge in [0, 0.05) is 36.3 Å². The molecule has 32 heavy (non-hydrogen) atoms. The number of ether oxygens (including phenoxy) is 2. The van der Waals surface area contributed by atoms with Crippen LogP contribution in [0.1, 0.15) is 12.8 Å². The summed E-state index contributed by atoms with van der Waals surface area (Å²) in [7, 11) is 3.07. The van der Waals surface area contributed by atoms with Gasteiger partial charge < -0.3 is 20.1 Å². The summed E-state index contributed by atoms with van der Waals surface area (Å²) in [5.74, 6) is 1.27. The number of carbonyl (C=O) groups excluding carboxylic acids is 1. The fourth-order valence-electron chi connectivity index (χ4n) is 3.41. The molecule has 2 heterocycles. The SMILES string of the molecule is C=CC(=O)N1CCCC1.COc1cc(OC)c(Cl)c(-c2ccc3nc(N)ncc3c2)c1Cl. The molecule has 2 N–H and O–H groups in total. The van der Waals surface area contributed by atoms with Crippen LogP contribution in [-0.2, 0) is 4.79 Å². The molecule has 0 aliphatic carbocycles. The number of rotatable bonds is 4. The van der Waals surface area contributed by atoms with Crippen molar-refractivity contribution in [1.82, 2.24) is 14.9 Å². The number of amides is 1. The Morgan fingerprint density at radius 3 is 2.31 bits per heavy atom. The molecule has 1 aromatic heterocycles. The number of anilines is 1. The molecule has 1 amide bonds. The van der Waals surface area contributed by atoms with Crippen molar-refractivity contribution in [2.75, 3.05) is 33.0 Å². The number of nitrogens with two attached hydrogens (primary N) is 1. The number of halogens is 2. The summed E-state index contributed by atoms with van der Waals surface area (Å²) in [6, 6.07) is 7.24. The van der Waals surface area contributed by atoms with Crippen molar-refractivity contribution in [2.24, 2.45) is 0 Å². The molecule has 2 aromatic carbocycles. The Bertz CT molecular complexity index is 1120. The highest BCUT2D eigenvalue weighted by Gasteiger charge is 2.19. The molecule has 168 valence electrons. The molecule has 0 radical (unpaired) electrons. The first-order chi connectivity index (χ1) is 15.4. The van der Waals surface area contributed by atoms with Crippen molar-refractivity contribution in [2.45, 2.75) is 12.8 Å². The number of benzene rings is 2. The van der Waals surface area contributed by atoms with Crippen LogP contribution in [0.4, 0.5) is 5.95 Å². The summed E-state index contributed by atoms with van der Waals surface area (Å²) in [5, 5.41) is 1.65. The quantitative estimate of drug-likeness (QED) is 0.535. The average molecular weight is 475 g/mol. The predicted octanol–water partition coefficient (Wildman–Crippen LogP) is 5.00. The van der Waals surface area contributed by atoms with E-state index >= 15 is 0 Å². The minimum Gasteiger partial charge on any atom is -0.495 e. The van der Waals surface area contributed by atoms with Crippen molar-refractivity contribution in [3.05, 3.63) is 53.2 Å². The maximum absolute atomic E-state index is 10.8. The highest BCUT2D eigenvalue weighted by atomic mass is 35.5. The van der Waals surface area contributed by atoms with Crippen LogP contribution in [0.3, 0.4) is 0 Å². The highest BCUT2D eigenvalue weighted by Crippen LogP contribution is 2.46. The summed E-state index contributed by atoms with van der Waals surface area (Å²) >= 11 is 12.9. The third-order valence-electron chi connectivity index (χ3n) is 5.05. The largest absolute Gasteiger partial charge is 0.495 e. The number of fused-ring (bicyclic) bond motifs is 1. The van der Waals surface area contributed by atoms with Gasteiger partial charge in [-0.1, -0.05) is 35.8 Å². The van der Waals surface area contributed by atoms with E-state index in [1.807, 2.05) is 23.1 Å². The topological polar surface area (TPSA) is 90.6 Å². The number of hydrogen-bond donors (Lipinski definition) is 1. The standard InChI is InChI=1S/C16H13Cl2N3O2.C7H11NO/c1-22-11-6-12(23-2)15(18)13(14(11)17)8-3-4-10-9(5-8)7-20-16(19)21-10;1-2-7(9)8-5-3-4-6-8/h3-7H,1-2H3,(H2,19,20,21);2H,1,3-6H2. The van der Waals surface area contributed by atoms with Crippen LogP contribution in [0, 0.1) is 0 Å². The van der Waals surface area contributed by atoms with Crippen LogP contribution in [0.15, 0.2) is 43.1 Å². The second-order valence-electron chi connectivity index (χ2n) is 7.02. The van der Waals surface area contributed by atoms with Gasteiger partial charge in [-0.05, 0) is 36.6 Å². The smallest absolute Gasteiger partial charge is 0.245 e. The Morgan fingerprint density at radius 1 is 1.12 bits per heavy atom. The van der Waals surface area contributed by atoms with Crippen molar-refractivity contribution >= 4 is 46.0 Å². The summed E-state index contributed by atoms with van der Waals surface area (Å²) in [6.45, 7) is 5.26. The third-order valence-corrected chi connectivity index (χ3v) is 5.80. The molecule has 0 spiro atoms. The van der Waals surface area contributed by atoms with E-state index in [0.29, 0.717) is 27.1 Å². The summed E-state index contributed by atoms with van der Waals surface area (Å²) < 4.78 is 10.6. The Labute approximate surface area is 196 Å². The molecule has 3 aromatic rings. The molecule has 1 aliphatic rings. The molecule has 9 heteroatoms. The number of nitrogens with zero attached hydrogens (tertiary/aromatic N) is 3. The first-order valence-electron chi connectivity index (χ1n) is 9.93. The van der Waals surface area contributed by atoms with Crippen LogP contribution in [0.25, 0.3) is 22.0 Å². The van der Waals surface area contributed by atoms with Crippen LogP contribution in [-0.4, -0.2) is 48.1 Å². The molecule has 1 saturated heterocycles. The van der Waals surface area contributed by atoms with Gasteiger partial charge in [0.15, 0.2) is 0 Å². The van der Waals surface area contributed by atoms with Crippen molar-refractivity contribution < 1.29 is 14.3 Å². The van der Waals surface area contributed by atoms with Gasteiger partial charge >= 0.3 is 0 Å². The third kappa shape index (κ3) is 5.06. The monoisotopic (exact) mass is 474 g/mol. The number of nitrogen functional groups attached to an aromatic ring is 1. The maximum Gasteiger partial charge on any atom is 0.245 e. The molecule has 1 aliphatic heterocycles. The van der Waals surface area contributed by atoms with Gasteiger partial charge in [-0.2, -0.15) is 0 Å². The minimum atomic E-state index is 0.0764. The number of likely N-dealkylation sites (tertiary alicyclic amines) is 1. The van der Waals surface area contributed by atoms with Crippen molar-refractivity contribution in [3.63, 3.8) is 0 Å². The van der Waals surface area contributed by atoms with Crippen LogP contribution in [0.2, 0.25) is 10.0 Å². The van der Waals surface area contributed by atoms with E-state index in [4.69, 9.17) is 38.4 Å². The van der Waals surface area contributed by atoms with Gasteiger partial charge in [0.2, 0.25) is 11.9 Å². The van der Waals surface area contributed by atoms with E-state index < -0.39 is 0 Å². The fourth-order valence-corrected chi connectivity index (χ4v) is 4.13. The molecule has 0 atom stereocenters. The lowest BCUT2D eigenvalue weighted by molar-refractivity contribution is -0.124. The van der Waals surface area contributed by atoms with Gasteiger partial charge in [0.05, 0.1) is 29.8 Å². The zero-order valence-electron chi connectivity index (χ0n) is 17.9. The number of hydrogen-bond acceptors (Lipinski definition) is 6. The zero-order chi connectivity index (χ0) is 23.3. The molecule has 7 nitrogen and oxygen atoms in total. The molecule has 0 saturated carbocycles. The zero-order valence-corrected chi connectivity index (χ0v) is 19.4. The van der Waals surface area contributed by atoms with Gasteiger partial charge in [-0.15, -0.1) is 0 Å². The Balaban J connectivity index is 0.000000269. The van der Waals surface area contributed by atoms with Crippen LogP contribution in [0.5, 0.6) is 11.5 Å². The maximum atomic E-state index is 10.8. The first-order valence-corrected chi connectivity index (χ1v) is 10.7. The summed E-state index contributed by atoms with van der Waals surface area (Å²) in [4.78, 5) is 20.8. The Morgan fingerprint density at radius 2 is 1.75 bits per heavy atom. The van der Waals surface area contributed by atoms with Gasteiger partial charge in [0.25, 0.3) is 0 Å².